The van der Waals surface area contributed by atoms with Crippen molar-refractivity contribution in [2.75, 3.05) is 0 Å². The van der Waals surface area contributed by atoms with E-state index >= 15 is 0 Å². The third kappa shape index (κ3) is 3.15. The van der Waals surface area contributed by atoms with Gasteiger partial charge < -0.3 is 9.84 Å². The summed E-state index contributed by atoms with van der Waals surface area (Å²) in [4.78, 5) is 4.34. The Labute approximate surface area is 129 Å². The van der Waals surface area contributed by atoms with Crippen LogP contribution in [-0.2, 0) is 0 Å². The Bertz CT molecular complexity index is 742. The second kappa shape index (κ2) is 6.41. The molecule has 1 aromatic heterocycles. The predicted octanol–water partition coefficient (Wildman–Crippen LogP) is 4.26. The number of aryl methyl sites for hydroxylation is 1. The Hall–Kier alpha value is -2.65. The topological polar surface area (TPSA) is 42.4 Å². The van der Waals surface area contributed by atoms with Crippen LogP contribution in [0.15, 0.2) is 72.9 Å². The van der Waals surface area contributed by atoms with Crippen molar-refractivity contribution in [1.29, 1.82) is 0 Å². The van der Waals surface area contributed by atoms with E-state index in [0.717, 1.165) is 22.4 Å². The first-order chi connectivity index (χ1) is 10.7. The SMILES string of the molecule is Cc1cc(C(O)c2ccccc2)cnc1Oc1ccccc1. The minimum atomic E-state index is -0.682. The maximum Gasteiger partial charge on any atom is 0.222 e. The molecule has 0 aliphatic rings. The molecule has 0 aliphatic carbocycles. The number of hydrogen-bond acceptors (Lipinski definition) is 3. The molecule has 22 heavy (non-hydrogen) atoms. The molecule has 1 heterocycles. The van der Waals surface area contributed by atoms with E-state index in [1.54, 1.807) is 6.20 Å². The average Bonchev–Trinajstić information content (AvgIpc) is 2.58. The molecule has 0 aliphatic heterocycles. The molecule has 3 rings (SSSR count). The summed E-state index contributed by atoms with van der Waals surface area (Å²) in [6, 6.07) is 21.0. The van der Waals surface area contributed by atoms with Crippen molar-refractivity contribution in [3.8, 4) is 11.6 Å². The van der Waals surface area contributed by atoms with Gasteiger partial charge in [-0.15, -0.1) is 0 Å². The Morgan fingerprint density at radius 3 is 2.18 bits per heavy atom. The third-order valence-corrected chi connectivity index (χ3v) is 3.44. The number of pyridine rings is 1. The van der Waals surface area contributed by atoms with Gasteiger partial charge in [0.15, 0.2) is 0 Å². The van der Waals surface area contributed by atoms with Crippen molar-refractivity contribution in [1.82, 2.24) is 4.98 Å². The molecule has 0 saturated carbocycles. The third-order valence-electron chi connectivity index (χ3n) is 3.44. The summed E-state index contributed by atoms with van der Waals surface area (Å²) >= 11 is 0. The molecule has 0 bridgehead atoms. The molecule has 1 atom stereocenters. The first kappa shape index (κ1) is 14.3. The van der Waals surface area contributed by atoms with Crippen LogP contribution in [0.3, 0.4) is 0 Å². The van der Waals surface area contributed by atoms with E-state index in [1.165, 1.54) is 0 Å². The van der Waals surface area contributed by atoms with Gasteiger partial charge >= 0.3 is 0 Å². The standard InChI is InChI=1S/C19H17NO2/c1-14-12-16(18(21)15-8-4-2-5-9-15)13-20-19(14)22-17-10-6-3-7-11-17/h2-13,18,21H,1H3. The highest BCUT2D eigenvalue weighted by atomic mass is 16.5. The zero-order valence-electron chi connectivity index (χ0n) is 12.3. The van der Waals surface area contributed by atoms with E-state index in [-0.39, 0.29) is 0 Å². The molecule has 3 nitrogen and oxygen atoms in total. The van der Waals surface area contributed by atoms with E-state index in [4.69, 9.17) is 4.74 Å². The van der Waals surface area contributed by atoms with Gasteiger partial charge in [-0.25, -0.2) is 4.98 Å². The summed E-state index contributed by atoms with van der Waals surface area (Å²) in [5, 5.41) is 10.4. The molecule has 3 heteroatoms. The maximum atomic E-state index is 10.4. The lowest BCUT2D eigenvalue weighted by atomic mass is 10.0. The van der Waals surface area contributed by atoms with Crippen molar-refractivity contribution >= 4 is 0 Å². The Kier molecular flexibility index (Phi) is 4.17. The van der Waals surface area contributed by atoms with E-state index in [9.17, 15) is 5.11 Å². The minimum absolute atomic E-state index is 0.551. The van der Waals surface area contributed by atoms with Gasteiger partial charge in [0.25, 0.3) is 0 Å². The molecule has 1 unspecified atom stereocenters. The number of aliphatic hydroxyl groups is 1. The molecule has 0 amide bonds. The first-order valence-electron chi connectivity index (χ1n) is 7.16. The highest BCUT2D eigenvalue weighted by molar-refractivity contribution is 5.36. The smallest absolute Gasteiger partial charge is 0.222 e. The van der Waals surface area contributed by atoms with Gasteiger partial charge in [-0.05, 0) is 30.7 Å². The fraction of sp³-hybridized carbons (Fsp3) is 0.105. The highest BCUT2D eigenvalue weighted by Crippen LogP contribution is 2.27. The summed E-state index contributed by atoms with van der Waals surface area (Å²) in [5.74, 6) is 1.30. The van der Waals surface area contributed by atoms with E-state index in [1.807, 2.05) is 73.7 Å². The van der Waals surface area contributed by atoms with Crippen molar-refractivity contribution in [2.45, 2.75) is 13.0 Å². The van der Waals surface area contributed by atoms with Crippen LogP contribution in [-0.4, -0.2) is 10.1 Å². The second-order valence-electron chi connectivity index (χ2n) is 5.12. The molecule has 0 fully saturated rings. The van der Waals surface area contributed by atoms with Gasteiger partial charge in [0.1, 0.15) is 11.9 Å². The van der Waals surface area contributed by atoms with E-state index in [0.29, 0.717) is 5.88 Å². The lowest BCUT2D eigenvalue weighted by Crippen LogP contribution is -2.02. The number of nitrogens with zero attached hydrogens (tertiary/aromatic N) is 1. The van der Waals surface area contributed by atoms with E-state index in [2.05, 4.69) is 4.98 Å². The van der Waals surface area contributed by atoms with Crippen LogP contribution in [0.4, 0.5) is 0 Å². The molecular formula is C19H17NO2. The molecular weight excluding hydrogens is 274 g/mol. The monoisotopic (exact) mass is 291 g/mol. The predicted molar refractivity (Wildman–Crippen MR) is 86.0 cm³/mol. The van der Waals surface area contributed by atoms with Gasteiger partial charge in [-0.2, -0.15) is 0 Å². The summed E-state index contributed by atoms with van der Waals surface area (Å²) in [5.41, 5.74) is 2.49. The lowest BCUT2D eigenvalue weighted by molar-refractivity contribution is 0.219. The molecule has 2 aromatic carbocycles. The number of aliphatic hydroxyl groups excluding tert-OH is 1. The zero-order chi connectivity index (χ0) is 15.4. The molecule has 110 valence electrons. The van der Waals surface area contributed by atoms with Crippen molar-refractivity contribution in [2.24, 2.45) is 0 Å². The number of benzene rings is 2. The Morgan fingerprint density at radius 2 is 1.55 bits per heavy atom. The van der Waals surface area contributed by atoms with Gasteiger partial charge in [-0.1, -0.05) is 48.5 Å². The summed E-state index contributed by atoms with van der Waals surface area (Å²) < 4.78 is 5.76. The summed E-state index contributed by atoms with van der Waals surface area (Å²) in [6.45, 7) is 1.92. The van der Waals surface area contributed by atoms with Gasteiger partial charge in [0.2, 0.25) is 5.88 Å². The van der Waals surface area contributed by atoms with Crippen LogP contribution in [0.1, 0.15) is 22.8 Å². The number of ether oxygens (including phenoxy) is 1. The molecule has 3 aromatic rings. The molecule has 0 saturated heterocycles. The summed E-state index contributed by atoms with van der Waals surface area (Å²) in [7, 11) is 0. The number of hydrogen-bond donors (Lipinski definition) is 1. The van der Waals surface area contributed by atoms with Gasteiger partial charge in [0, 0.05) is 17.3 Å². The van der Waals surface area contributed by atoms with Crippen LogP contribution in [0.2, 0.25) is 0 Å². The number of rotatable bonds is 4. The van der Waals surface area contributed by atoms with Crippen LogP contribution in [0.5, 0.6) is 11.6 Å². The quantitative estimate of drug-likeness (QED) is 0.780. The first-order valence-corrected chi connectivity index (χ1v) is 7.16. The minimum Gasteiger partial charge on any atom is -0.439 e. The number of aromatic nitrogens is 1. The average molecular weight is 291 g/mol. The van der Waals surface area contributed by atoms with Crippen molar-refractivity contribution < 1.29 is 9.84 Å². The van der Waals surface area contributed by atoms with E-state index < -0.39 is 6.10 Å². The van der Waals surface area contributed by atoms with Crippen LogP contribution >= 0.6 is 0 Å². The molecule has 0 radical (unpaired) electrons. The van der Waals surface area contributed by atoms with Gasteiger partial charge in [-0.3, -0.25) is 0 Å². The molecule has 0 spiro atoms. The van der Waals surface area contributed by atoms with Gasteiger partial charge in [0.05, 0.1) is 0 Å². The Morgan fingerprint density at radius 1 is 0.909 bits per heavy atom. The fourth-order valence-electron chi connectivity index (χ4n) is 2.27. The van der Waals surface area contributed by atoms with Crippen LogP contribution in [0.25, 0.3) is 0 Å². The van der Waals surface area contributed by atoms with Crippen molar-refractivity contribution in [3.63, 3.8) is 0 Å². The van der Waals surface area contributed by atoms with Crippen LogP contribution in [0, 0.1) is 6.92 Å². The summed E-state index contributed by atoms with van der Waals surface area (Å²) in [6.07, 6.45) is 0.973. The van der Waals surface area contributed by atoms with Crippen LogP contribution < -0.4 is 4.74 Å². The normalized spacial score (nSPS) is 11.9. The lowest BCUT2D eigenvalue weighted by Gasteiger charge is -2.13. The maximum absolute atomic E-state index is 10.4. The highest BCUT2D eigenvalue weighted by Gasteiger charge is 2.13. The number of para-hydroxylation sites is 1. The van der Waals surface area contributed by atoms with Crippen molar-refractivity contribution in [3.05, 3.63) is 89.6 Å². The second-order valence-corrected chi connectivity index (χ2v) is 5.12. The Balaban J connectivity index is 1.83. The largest absolute Gasteiger partial charge is 0.439 e. The molecule has 1 N–H and O–H groups in total. The fourth-order valence-corrected chi connectivity index (χ4v) is 2.27. The zero-order valence-corrected chi connectivity index (χ0v) is 12.3.